The Kier molecular flexibility index (Phi) is 11.6. The molecule has 1 amide bonds. The molecule has 0 spiro atoms. The number of nitrogens with zero attached hydrogens (tertiary/aromatic N) is 4. The minimum Gasteiger partial charge on any atom is -0.448 e. The summed E-state index contributed by atoms with van der Waals surface area (Å²) in [5, 5.41) is 20.9. The van der Waals surface area contributed by atoms with Gasteiger partial charge in [0.25, 0.3) is 0 Å². The van der Waals surface area contributed by atoms with Crippen molar-refractivity contribution in [1.82, 2.24) is 10.3 Å². The standard InChI is InChI=1S/C23H32BrN5O4/c1-3-4-8-13-32-23(30)26-21(25)10-7-5-6-9-19-22(29-33-28-19)20(27-31)15-17-12-11-16(2)18(24)14-17/h11-12,14,31H,3-10,13,15H2,1-2H3,(H2,25,26,30)/b27-20+. The van der Waals surface area contributed by atoms with Gasteiger partial charge in [-0.15, -0.1) is 0 Å². The molecule has 0 unspecified atom stereocenters. The molecule has 33 heavy (non-hydrogen) atoms. The van der Waals surface area contributed by atoms with Gasteiger partial charge in [0.15, 0.2) is 5.69 Å². The molecule has 0 atom stereocenters. The van der Waals surface area contributed by atoms with Gasteiger partial charge in [-0.1, -0.05) is 64.6 Å². The number of carbonyl (C=O) groups is 1. The molecule has 1 aromatic heterocycles. The zero-order valence-electron chi connectivity index (χ0n) is 19.2. The number of amidine groups is 1. The lowest BCUT2D eigenvalue weighted by Crippen LogP contribution is -2.15. The number of rotatable bonds is 13. The van der Waals surface area contributed by atoms with Crippen molar-refractivity contribution in [2.45, 2.75) is 71.6 Å². The quantitative estimate of drug-likeness (QED) is 0.119. The van der Waals surface area contributed by atoms with Crippen molar-refractivity contribution in [2.75, 3.05) is 6.61 Å². The normalized spacial score (nSPS) is 12.2. The van der Waals surface area contributed by atoms with Crippen molar-refractivity contribution in [3.8, 4) is 0 Å². The highest BCUT2D eigenvalue weighted by molar-refractivity contribution is 9.10. The molecule has 9 nitrogen and oxygen atoms in total. The number of aromatic nitrogens is 2. The minimum absolute atomic E-state index is 0.276. The number of unbranched alkanes of at least 4 members (excludes halogenated alkanes) is 4. The van der Waals surface area contributed by atoms with Gasteiger partial charge >= 0.3 is 6.09 Å². The Morgan fingerprint density at radius 1 is 1.21 bits per heavy atom. The summed E-state index contributed by atoms with van der Waals surface area (Å²) >= 11 is 3.52. The van der Waals surface area contributed by atoms with Gasteiger partial charge in [0.05, 0.1) is 6.61 Å². The van der Waals surface area contributed by atoms with E-state index in [4.69, 9.17) is 15.1 Å². The zero-order valence-corrected chi connectivity index (χ0v) is 20.8. The van der Waals surface area contributed by atoms with E-state index in [1.807, 2.05) is 25.1 Å². The first-order chi connectivity index (χ1) is 15.9. The van der Waals surface area contributed by atoms with Gasteiger partial charge in [0.2, 0.25) is 0 Å². The van der Waals surface area contributed by atoms with E-state index < -0.39 is 6.09 Å². The summed E-state index contributed by atoms with van der Waals surface area (Å²) in [7, 11) is 0. The molecule has 0 aliphatic rings. The fourth-order valence-corrected chi connectivity index (χ4v) is 3.61. The summed E-state index contributed by atoms with van der Waals surface area (Å²) in [4.78, 5) is 15.4. The number of halogens is 1. The van der Waals surface area contributed by atoms with Crippen LogP contribution >= 0.6 is 15.9 Å². The number of ether oxygens (including phenoxy) is 1. The first-order valence-corrected chi connectivity index (χ1v) is 12.0. The Morgan fingerprint density at radius 3 is 2.76 bits per heavy atom. The largest absolute Gasteiger partial charge is 0.448 e. The van der Waals surface area contributed by atoms with Crippen LogP contribution in [0.4, 0.5) is 4.79 Å². The van der Waals surface area contributed by atoms with Crippen molar-refractivity contribution in [3.05, 3.63) is 45.2 Å². The number of amides is 1. The molecular weight excluding hydrogens is 490 g/mol. The van der Waals surface area contributed by atoms with E-state index in [0.717, 1.165) is 54.1 Å². The third-order valence-electron chi connectivity index (χ3n) is 5.11. The van der Waals surface area contributed by atoms with Crippen LogP contribution in [0.15, 0.2) is 37.4 Å². The number of nitrogens with two attached hydrogens (primary N) is 1. The Balaban J connectivity index is 1.78. The summed E-state index contributed by atoms with van der Waals surface area (Å²) in [5.74, 6) is 0.276. The topological polar surface area (TPSA) is 136 Å². The predicted molar refractivity (Wildman–Crippen MR) is 130 cm³/mol. The van der Waals surface area contributed by atoms with Gasteiger partial charge in [0.1, 0.15) is 17.2 Å². The molecule has 1 heterocycles. The maximum Gasteiger partial charge on any atom is 0.435 e. The lowest BCUT2D eigenvalue weighted by Gasteiger charge is -2.06. The van der Waals surface area contributed by atoms with Gasteiger partial charge < -0.3 is 15.7 Å². The van der Waals surface area contributed by atoms with Crippen LogP contribution in [0.25, 0.3) is 0 Å². The maximum atomic E-state index is 11.6. The lowest BCUT2D eigenvalue weighted by atomic mass is 10.0. The van der Waals surface area contributed by atoms with Crippen molar-refractivity contribution in [2.24, 2.45) is 15.9 Å². The summed E-state index contributed by atoms with van der Waals surface area (Å²) in [6.07, 6.45) is 6.26. The molecule has 0 bridgehead atoms. The number of hydrogen-bond acceptors (Lipinski definition) is 7. The molecule has 10 heteroatoms. The smallest absolute Gasteiger partial charge is 0.435 e. The summed E-state index contributed by atoms with van der Waals surface area (Å²) in [5.41, 5.74) is 9.43. The zero-order chi connectivity index (χ0) is 24.1. The molecule has 180 valence electrons. The lowest BCUT2D eigenvalue weighted by molar-refractivity contribution is 0.155. The number of oxime groups is 1. The number of carbonyl (C=O) groups excluding carboxylic acids is 1. The van der Waals surface area contributed by atoms with E-state index in [0.29, 0.717) is 43.0 Å². The number of hydrogen-bond donors (Lipinski definition) is 2. The second kappa shape index (κ2) is 14.4. The van der Waals surface area contributed by atoms with Crippen LogP contribution in [0.2, 0.25) is 0 Å². The van der Waals surface area contributed by atoms with Crippen LogP contribution in [0.5, 0.6) is 0 Å². The minimum atomic E-state index is -0.627. The molecule has 0 aliphatic heterocycles. The highest BCUT2D eigenvalue weighted by atomic mass is 79.9. The van der Waals surface area contributed by atoms with E-state index in [1.54, 1.807) is 0 Å². The molecule has 0 radical (unpaired) electrons. The van der Waals surface area contributed by atoms with Gasteiger partial charge in [-0.2, -0.15) is 4.99 Å². The van der Waals surface area contributed by atoms with Crippen LogP contribution in [0.1, 0.15) is 74.4 Å². The van der Waals surface area contributed by atoms with E-state index in [1.165, 1.54) is 0 Å². The summed E-state index contributed by atoms with van der Waals surface area (Å²) < 4.78 is 10.9. The number of benzene rings is 1. The van der Waals surface area contributed by atoms with Crippen LogP contribution in [-0.4, -0.2) is 39.8 Å². The molecule has 1 aromatic carbocycles. The first-order valence-electron chi connectivity index (χ1n) is 11.2. The molecule has 2 rings (SSSR count). The highest BCUT2D eigenvalue weighted by Gasteiger charge is 2.17. The van der Waals surface area contributed by atoms with E-state index in [2.05, 4.69) is 43.3 Å². The number of aryl methyl sites for hydroxylation is 2. The van der Waals surface area contributed by atoms with Crippen molar-refractivity contribution >= 4 is 33.6 Å². The van der Waals surface area contributed by atoms with E-state index in [-0.39, 0.29) is 5.84 Å². The maximum absolute atomic E-state index is 11.6. The monoisotopic (exact) mass is 521 g/mol. The van der Waals surface area contributed by atoms with Gasteiger partial charge in [-0.3, -0.25) is 0 Å². The van der Waals surface area contributed by atoms with Crippen LogP contribution in [0.3, 0.4) is 0 Å². The van der Waals surface area contributed by atoms with Crippen LogP contribution < -0.4 is 5.73 Å². The molecular formula is C23H32BrN5O4. The van der Waals surface area contributed by atoms with Gasteiger partial charge in [-0.25, -0.2) is 9.42 Å². The Morgan fingerprint density at radius 2 is 2.03 bits per heavy atom. The average Bonchev–Trinajstić information content (AvgIpc) is 3.25. The van der Waals surface area contributed by atoms with Crippen LogP contribution in [-0.2, 0) is 17.6 Å². The predicted octanol–water partition coefficient (Wildman–Crippen LogP) is 5.35. The molecule has 0 saturated carbocycles. The van der Waals surface area contributed by atoms with Crippen molar-refractivity contribution < 1.29 is 19.4 Å². The van der Waals surface area contributed by atoms with Crippen molar-refractivity contribution in [1.29, 1.82) is 0 Å². The fraction of sp³-hybridized carbons (Fsp3) is 0.522. The Bertz CT molecular complexity index is 958. The fourth-order valence-electron chi connectivity index (χ4n) is 3.19. The first kappa shape index (κ1) is 26.5. The van der Waals surface area contributed by atoms with E-state index in [9.17, 15) is 10.0 Å². The molecule has 2 aromatic rings. The van der Waals surface area contributed by atoms with Crippen molar-refractivity contribution in [3.63, 3.8) is 0 Å². The Labute approximate surface area is 202 Å². The highest BCUT2D eigenvalue weighted by Crippen LogP contribution is 2.20. The van der Waals surface area contributed by atoms with Gasteiger partial charge in [0, 0.05) is 17.3 Å². The molecule has 0 aliphatic carbocycles. The Hall–Kier alpha value is -2.75. The molecule has 3 N–H and O–H groups in total. The van der Waals surface area contributed by atoms with Crippen LogP contribution in [0, 0.1) is 6.92 Å². The second-order valence-electron chi connectivity index (χ2n) is 7.85. The molecule has 0 fully saturated rings. The third kappa shape index (κ3) is 9.33. The summed E-state index contributed by atoms with van der Waals surface area (Å²) in [6, 6.07) is 5.96. The summed E-state index contributed by atoms with van der Waals surface area (Å²) in [6.45, 7) is 4.47. The SMILES string of the molecule is CCCCCOC(=O)N=C(N)CCCCCc1nonc1/C(Cc1ccc(C)c(Br)c1)=N/O. The third-order valence-corrected chi connectivity index (χ3v) is 5.97. The van der Waals surface area contributed by atoms with Gasteiger partial charge in [-0.05, 0) is 55.0 Å². The average molecular weight is 522 g/mol. The second-order valence-corrected chi connectivity index (χ2v) is 8.71. The number of aliphatic imine (C=N–C) groups is 1. The molecule has 0 saturated heterocycles. The van der Waals surface area contributed by atoms with E-state index >= 15 is 0 Å².